The lowest BCUT2D eigenvalue weighted by atomic mass is 10.1. The van der Waals surface area contributed by atoms with Crippen molar-refractivity contribution in [2.24, 2.45) is 0 Å². The van der Waals surface area contributed by atoms with Gasteiger partial charge < -0.3 is 5.32 Å². The molecular weight excluding hydrogens is 279 g/mol. The largest absolute Gasteiger partial charge is 0.314 e. The van der Waals surface area contributed by atoms with Crippen molar-refractivity contribution in [2.75, 3.05) is 19.6 Å². The Morgan fingerprint density at radius 2 is 2.05 bits per heavy atom. The Labute approximate surface area is 120 Å². The molecule has 0 bridgehead atoms. The molecule has 0 saturated carbocycles. The first-order valence-corrected chi connectivity index (χ1v) is 8.47. The summed E-state index contributed by atoms with van der Waals surface area (Å²) in [7, 11) is -3.56. The molecule has 0 radical (unpaired) electrons. The lowest BCUT2D eigenvalue weighted by molar-refractivity contribution is 0.290. The first-order chi connectivity index (χ1) is 9.54. The predicted octanol–water partition coefficient (Wildman–Crippen LogP) is 1.98. The summed E-state index contributed by atoms with van der Waals surface area (Å²) in [6, 6.07) is 5.59. The monoisotopic (exact) mass is 300 g/mol. The maximum absolute atomic E-state index is 13.2. The van der Waals surface area contributed by atoms with Crippen LogP contribution in [0.15, 0.2) is 29.2 Å². The van der Waals surface area contributed by atoms with Crippen LogP contribution in [-0.4, -0.2) is 38.4 Å². The van der Waals surface area contributed by atoms with Gasteiger partial charge >= 0.3 is 0 Å². The molecule has 2 rings (SSSR count). The molecule has 1 aliphatic rings. The van der Waals surface area contributed by atoms with Crippen LogP contribution in [0.4, 0.5) is 4.39 Å². The molecule has 0 atom stereocenters. The fourth-order valence-corrected chi connectivity index (χ4v) is 3.93. The summed E-state index contributed by atoms with van der Waals surface area (Å²) in [5.41, 5.74) is 0. The van der Waals surface area contributed by atoms with Crippen molar-refractivity contribution in [1.82, 2.24) is 9.62 Å². The Morgan fingerprint density at radius 1 is 1.35 bits per heavy atom. The van der Waals surface area contributed by atoms with Crippen LogP contribution >= 0.6 is 0 Å². The quantitative estimate of drug-likeness (QED) is 0.904. The fraction of sp³-hybridized carbons (Fsp3) is 0.571. The lowest BCUT2D eigenvalue weighted by Gasteiger charge is -2.31. The maximum atomic E-state index is 13.2. The smallest absolute Gasteiger partial charge is 0.243 e. The van der Waals surface area contributed by atoms with E-state index >= 15 is 0 Å². The number of hydrogen-bond donors (Lipinski definition) is 1. The summed E-state index contributed by atoms with van der Waals surface area (Å²) in [6.45, 7) is 4.04. The summed E-state index contributed by atoms with van der Waals surface area (Å²) in [4.78, 5) is 0.0393. The van der Waals surface area contributed by atoms with Crippen LogP contribution in [0.1, 0.15) is 26.2 Å². The van der Waals surface area contributed by atoms with Crippen molar-refractivity contribution in [2.45, 2.75) is 37.1 Å². The van der Waals surface area contributed by atoms with Gasteiger partial charge in [0.2, 0.25) is 10.0 Å². The molecule has 1 aromatic carbocycles. The van der Waals surface area contributed by atoms with E-state index < -0.39 is 15.8 Å². The van der Waals surface area contributed by atoms with E-state index in [-0.39, 0.29) is 4.90 Å². The van der Waals surface area contributed by atoms with Gasteiger partial charge in [-0.1, -0.05) is 13.0 Å². The van der Waals surface area contributed by atoms with Gasteiger partial charge in [0.25, 0.3) is 0 Å². The second-order valence-electron chi connectivity index (χ2n) is 5.09. The van der Waals surface area contributed by atoms with Crippen molar-refractivity contribution in [3.8, 4) is 0 Å². The van der Waals surface area contributed by atoms with Crippen molar-refractivity contribution < 1.29 is 12.8 Å². The minimum Gasteiger partial charge on any atom is -0.314 e. The predicted molar refractivity (Wildman–Crippen MR) is 76.5 cm³/mol. The Balaban J connectivity index is 2.02. The third kappa shape index (κ3) is 3.56. The molecule has 112 valence electrons. The SMILES string of the molecule is CCCNC1CCN(S(=O)(=O)c2cccc(F)c2)CC1. The number of nitrogens with zero attached hydrogens (tertiary/aromatic N) is 1. The fourth-order valence-electron chi connectivity index (χ4n) is 2.43. The molecule has 0 unspecified atom stereocenters. The van der Waals surface area contributed by atoms with Crippen LogP contribution in [0, 0.1) is 5.82 Å². The van der Waals surface area contributed by atoms with Crippen LogP contribution in [0.2, 0.25) is 0 Å². The normalized spacial score (nSPS) is 18.3. The van der Waals surface area contributed by atoms with Gasteiger partial charge in [0, 0.05) is 19.1 Å². The molecule has 1 aliphatic heterocycles. The Morgan fingerprint density at radius 3 is 2.65 bits per heavy atom. The average Bonchev–Trinajstić information content (AvgIpc) is 2.45. The van der Waals surface area contributed by atoms with Gasteiger partial charge in [-0.2, -0.15) is 4.31 Å². The van der Waals surface area contributed by atoms with Crippen LogP contribution in [0.3, 0.4) is 0 Å². The summed E-state index contributed by atoms with van der Waals surface area (Å²) < 4.78 is 39.4. The minimum atomic E-state index is -3.56. The third-order valence-corrected chi connectivity index (χ3v) is 5.47. The van der Waals surface area contributed by atoms with Crippen molar-refractivity contribution in [3.63, 3.8) is 0 Å². The van der Waals surface area contributed by atoms with Crippen LogP contribution in [-0.2, 0) is 10.0 Å². The standard InChI is InChI=1S/C14H21FN2O2S/c1-2-8-16-13-6-9-17(10-7-13)20(18,19)14-5-3-4-12(15)11-14/h3-5,11,13,16H,2,6-10H2,1H3. The molecule has 0 aliphatic carbocycles. The zero-order valence-electron chi connectivity index (χ0n) is 11.7. The topological polar surface area (TPSA) is 49.4 Å². The molecule has 1 aromatic rings. The van der Waals surface area contributed by atoms with E-state index in [4.69, 9.17) is 0 Å². The van der Waals surface area contributed by atoms with E-state index in [1.807, 2.05) is 0 Å². The molecule has 0 amide bonds. The molecule has 6 heteroatoms. The van der Waals surface area contributed by atoms with E-state index in [9.17, 15) is 12.8 Å². The molecule has 1 saturated heterocycles. The number of sulfonamides is 1. The molecule has 20 heavy (non-hydrogen) atoms. The third-order valence-electron chi connectivity index (χ3n) is 3.57. The van der Waals surface area contributed by atoms with Gasteiger partial charge in [0.05, 0.1) is 4.90 Å². The van der Waals surface area contributed by atoms with Crippen molar-refractivity contribution in [1.29, 1.82) is 0 Å². The first kappa shape index (κ1) is 15.4. The van der Waals surface area contributed by atoms with E-state index in [1.165, 1.54) is 22.5 Å². The molecule has 1 heterocycles. The maximum Gasteiger partial charge on any atom is 0.243 e. The number of nitrogens with one attached hydrogen (secondary N) is 1. The number of hydrogen-bond acceptors (Lipinski definition) is 3. The summed E-state index contributed by atoms with van der Waals surface area (Å²) in [6.07, 6.45) is 2.67. The second-order valence-corrected chi connectivity index (χ2v) is 7.03. The summed E-state index contributed by atoms with van der Waals surface area (Å²) in [5.74, 6) is -0.523. The van der Waals surface area contributed by atoms with Crippen LogP contribution in [0.5, 0.6) is 0 Å². The van der Waals surface area contributed by atoms with Crippen molar-refractivity contribution in [3.05, 3.63) is 30.1 Å². The van der Waals surface area contributed by atoms with Gasteiger partial charge in [-0.05, 0) is 44.0 Å². The first-order valence-electron chi connectivity index (χ1n) is 7.03. The molecule has 4 nitrogen and oxygen atoms in total. The molecular formula is C14H21FN2O2S. The zero-order valence-corrected chi connectivity index (χ0v) is 12.5. The van der Waals surface area contributed by atoms with E-state index in [0.29, 0.717) is 19.1 Å². The molecule has 1 N–H and O–H groups in total. The highest BCUT2D eigenvalue weighted by atomic mass is 32.2. The van der Waals surface area contributed by atoms with E-state index in [1.54, 1.807) is 0 Å². The Bertz CT molecular complexity index is 540. The van der Waals surface area contributed by atoms with Gasteiger partial charge in [-0.3, -0.25) is 0 Å². The summed E-state index contributed by atoms with van der Waals surface area (Å²) >= 11 is 0. The average molecular weight is 300 g/mol. The van der Waals surface area contributed by atoms with Crippen molar-refractivity contribution >= 4 is 10.0 Å². The van der Waals surface area contributed by atoms with Crippen LogP contribution in [0.25, 0.3) is 0 Å². The van der Waals surface area contributed by atoms with Gasteiger partial charge in [-0.15, -0.1) is 0 Å². The molecule has 1 fully saturated rings. The zero-order chi connectivity index (χ0) is 14.6. The Hall–Kier alpha value is -0.980. The number of rotatable bonds is 5. The highest BCUT2D eigenvalue weighted by molar-refractivity contribution is 7.89. The van der Waals surface area contributed by atoms with Gasteiger partial charge in [-0.25, -0.2) is 12.8 Å². The highest BCUT2D eigenvalue weighted by Crippen LogP contribution is 2.21. The van der Waals surface area contributed by atoms with E-state index in [0.717, 1.165) is 31.9 Å². The van der Waals surface area contributed by atoms with Crippen LogP contribution < -0.4 is 5.32 Å². The Kier molecular flexibility index (Phi) is 5.12. The van der Waals surface area contributed by atoms with Gasteiger partial charge in [0.1, 0.15) is 5.82 Å². The lowest BCUT2D eigenvalue weighted by Crippen LogP contribution is -2.45. The number of benzene rings is 1. The summed E-state index contributed by atoms with van der Waals surface area (Å²) in [5, 5.41) is 3.41. The second kappa shape index (κ2) is 6.65. The number of halogens is 1. The number of piperidine rings is 1. The molecule has 0 aromatic heterocycles. The van der Waals surface area contributed by atoms with E-state index in [2.05, 4.69) is 12.2 Å². The minimum absolute atomic E-state index is 0.0393. The highest BCUT2D eigenvalue weighted by Gasteiger charge is 2.29. The van der Waals surface area contributed by atoms with Gasteiger partial charge in [0.15, 0.2) is 0 Å². The molecule has 0 spiro atoms.